The first kappa shape index (κ1) is 11.1. The van der Waals surface area contributed by atoms with Crippen molar-refractivity contribution in [3.8, 4) is 6.07 Å². The van der Waals surface area contributed by atoms with E-state index in [1.54, 1.807) is 0 Å². The van der Waals surface area contributed by atoms with Crippen LogP contribution in [0.3, 0.4) is 0 Å². The summed E-state index contributed by atoms with van der Waals surface area (Å²) >= 11 is 0. The molecular weight excluding hydrogens is 198 g/mol. The molecule has 3 nitrogen and oxygen atoms in total. The summed E-state index contributed by atoms with van der Waals surface area (Å²) in [5, 5.41) is 9.00. The second kappa shape index (κ2) is 4.23. The molecule has 1 aliphatic rings. The summed E-state index contributed by atoms with van der Waals surface area (Å²) in [6.07, 6.45) is 4.61. The Kier molecular flexibility index (Phi) is 2.93. The van der Waals surface area contributed by atoms with Crippen molar-refractivity contribution in [2.75, 3.05) is 6.54 Å². The Bertz CT molecular complexity index is 391. The standard InChI is InChI=1S/C13H17N3/c1-13(2)7-12(8-14)10-16(13)9-11-3-5-15-6-4-11/h3-6,12H,7,9-10H2,1-2H3. The van der Waals surface area contributed by atoms with E-state index in [2.05, 4.69) is 29.8 Å². The highest BCUT2D eigenvalue weighted by Gasteiger charge is 2.37. The maximum atomic E-state index is 9.00. The van der Waals surface area contributed by atoms with Crippen LogP contribution in [0.1, 0.15) is 25.8 Å². The highest BCUT2D eigenvalue weighted by Crippen LogP contribution is 2.33. The van der Waals surface area contributed by atoms with Gasteiger partial charge < -0.3 is 0 Å². The summed E-state index contributed by atoms with van der Waals surface area (Å²) in [5.41, 5.74) is 1.39. The fourth-order valence-corrected chi connectivity index (χ4v) is 2.38. The molecule has 1 fully saturated rings. The average Bonchev–Trinajstić information content (AvgIpc) is 2.55. The number of rotatable bonds is 2. The van der Waals surface area contributed by atoms with E-state index >= 15 is 0 Å². The Hall–Kier alpha value is -1.40. The fraction of sp³-hybridized carbons (Fsp3) is 0.538. The van der Waals surface area contributed by atoms with Gasteiger partial charge in [-0.1, -0.05) is 0 Å². The molecule has 0 bridgehead atoms. The zero-order valence-corrected chi connectivity index (χ0v) is 9.85. The molecule has 1 aromatic heterocycles. The smallest absolute Gasteiger partial charge is 0.0670 e. The van der Waals surface area contributed by atoms with Gasteiger partial charge in [-0.15, -0.1) is 0 Å². The Labute approximate surface area is 96.7 Å². The quantitative estimate of drug-likeness (QED) is 0.759. The van der Waals surface area contributed by atoms with Gasteiger partial charge in [0.1, 0.15) is 0 Å². The predicted molar refractivity (Wildman–Crippen MR) is 62.4 cm³/mol. The van der Waals surface area contributed by atoms with Gasteiger partial charge in [0.05, 0.1) is 12.0 Å². The van der Waals surface area contributed by atoms with Crippen LogP contribution in [0.15, 0.2) is 24.5 Å². The van der Waals surface area contributed by atoms with E-state index < -0.39 is 0 Å². The van der Waals surface area contributed by atoms with Crippen molar-refractivity contribution in [1.29, 1.82) is 5.26 Å². The third-order valence-electron chi connectivity index (χ3n) is 3.35. The number of aromatic nitrogens is 1. The SMILES string of the molecule is CC1(C)CC(C#N)CN1Cc1ccncc1. The zero-order chi connectivity index (χ0) is 11.6. The Balaban J connectivity index is 2.09. The lowest BCUT2D eigenvalue weighted by atomic mass is 9.97. The van der Waals surface area contributed by atoms with Gasteiger partial charge in [0.15, 0.2) is 0 Å². The van der Waals surface area contributed by atoms with Crippen LogP contribution in [0, 0.1) is 17.2 Å². The maximum Gasteiger partial charge on any atom is 0.0670 e. The first-order valence-electron chi connectivity index (χ1n) is 5.65. The largest absolute Gasteiger partial charge is 0.293 e. The normalized spacial score (nSPS) is 24.2. The van der Waals surface area contributed by atoms with Crippen molar-refractivity contribution in [1.82, 2.24) is 9.88 Å². The molecule has 1 aliphatic heterocycles. The fourth-order valence-electron chi connectivity index (χ4n) is 2.38. The molecule has 1 saturated heterocycles. The number of hydrogen-bond donors (Lipinski definition) is 0. The molecule has 3 heteroatoms. The summed E-state index contributed by atoms with van der Waals surface area (Å²) in [5.74, 6) is 0.178. The third-order valence-corrected chi connectivity index (χ3v) is 3.35. The van der Waals surface area contributed by atoms with Crippen LogP contribution < -0.4 is 0 Å². The highest BCUT2D eigenvalue weighted by atomic mass is 15.2. The molecule has 1 aromatic rings. The van der Waals surface area contributed by atoms with Gasteiger partial charge in [-0.3, -0.25) is 9.88 Å². The summed E-state index contributed by atoms with van der Waals surface area (Å²) in [6.45, 7) is 6.22. The molecule has 0 aromatic carbocycles. The molecular formula is C13H17N3. The monoisotopic (exact) mass is 215 g/mol. The van der Waals surface area contributed by atoms with Gasteiger partial charge in [-0.25, -0.2) is 0 Å². The Morgan fingerprint density at radius 2 is 2.19 bits per heavy atom. The van der Waals surface area contributed by atoms with Crippen molar-refractivity contribution in [3.05, 3.63) is 30.1 Å². The summed E-state index contributed by atoms with van der Waals surface area (Å²) in [4.78, 5) is 6.40. The van der Waals surface area contributed by atoms with Crippen LogP contribution in [0.25, 0.3) is 0 Å². The first-order valence-corrected chi connectivity index (χ1v) is 5.65. The van der Waals surface area contributed by atoms with Crippen molar-refractivity contribution < 1.29 is 0 Å². The van der Waals surface area contributed by atoms with E-state index in [-0.39, 0.29) is 11.5 Å². The van der Waals surface area contributed by atoms with E-state index in [0.29, 0.717) is 0 Å². The molecule has 0 radical (unpaired) electrons. The van der Waals surface area contributed by atoms with Gasteiger partial charge in [-0.05, 0) is 38.0 Å². The molecule has 1 atom stereocenters. The molecule has 2 heterocycles. The Morgan fingerprint density at radius 3 is 2.75 bits per heavy atom. The third kappa shape index (κ3) is 2.23. The zero-order valence-electron chi connectivity index (χ0n) is 9.85. The second-order valence-electron chi connectivity index (χ2n) is 5.08. The minimum absolute atomic E-state index is 0.129. The number of nitriles is 1. The molecule has 0 amide bonds. The number of nitrogens with zero attached hydrogens (tertiary/aromatic N) is 3. The average molecular weight is 215 g/mol. The number of likely N-dealkylation sites (tertiary alicyclic amines) is 1. The van der Waals surface area contributed by atoms with Gasteiger partial charge in [0.2, 0.25) is 0 Å². The molecule has 0 aliphatic carbocycles. The van der Waals surface area contributed by atoms with Crippen LogP contribution in [0.5, 0.6) is 0 Å². The van der Waals surface area contributed by atoms with Crippen LogP contribution in [0.4, 0.5) is 0 Å². The molecule has 84 valence electrons. The van der Waals surface area contributed by atoms with E-state index in [0.717, 1.165) is 19.5 Å². The lowest BCUT2D eigenvalue weighted by Crippen LogP contribution is -2.37. The number of pyridine rings is 1. The summed E-state index contributed by atoms with van der Waals surface area (Å²) in [7, 11) is 0. The first-order chi connectivity index (χ1) is 7.62. The lowest BCUT2D eigenvalue weighted by molar-refractivity contribution is 0.166. The van der Waals surface area contributed by atoms with Crippen molar-refractivity contribution in [2.45, 2.75) is 32.4 Å². The molecule has 2 rings (SSSR count). The van der Waals surface area contributed by atoms with E-state index in [1.807, 2.05) is 24.5 Å². The van der Waals surface area contributed by atoms with Crippen LogP contribution in [0.2, 0.25) is 0 Å². The maximum absolute atomic E-state index is 9.00. The Morgan fingerprint density at radius 1 is 1.50 bits per heavy atom. The lowest BCUT2D eigenvalue weighted by Gasteiger charge is -2.31. The molecule has 0 saturated carbocycles. The van der Waals surface area contributed by atoms with Crippen LogP contribution in [-0.2, 0) is 6.54 Å². The topological polar surface area (TPSA) is 39.9 Å². The van der Waals surface area contributed by atoms with E-state index in [9.17, 15) is 0 Å². The minimum Gasteiger partial charge on any atom is -0.293 e. The van der Waals surface area contributed by atoms with E-state index in [4.69, 9.17) is 5.26 Å². The molecule has 1 unspecified atom stereocenters. The van der Waals surface area contributed by atoms with E-state index in [1.165, 1.54) is 5.56 Å². The van der Waals surface area contributed by atoms with Crippen molar-refractivity contribution in [2.24, 2.45) is 5.92 Å². The minimum atomic E-state index is 0.129. The second-order valence-corrected chi connectivity index (χ2v) is 5.08. The van der Waals surface area contributed by atoms with Crippen molar-refractivity contribution in [3.63, 3.8) is 0 Å². The van der Waals surface area contributed by atoms with Crippen LogP contribution >= 0.6 is 0 Å². The summed E-state index contributed by atoms with van der Waals surface area (Å²) in [6, 6.07) is 6.46. The van der Waals surface area contributed by atoms with Gasteiger partial charge >= 0.3 is 0 Å². The van der Waals surface area contributed by atoms with Crippen molar-refractivity contribution >= 4 is 0 Å². The van der Waals surface area contributed by atoms with Gasteiger partial charge in [-0.2, -0.15) is 5.26 Å². The molecule has 16 heavy (non-hydrogen) atoms. The summed E-state index contributed by atoms with van der Waals surface area (Å²) < 4.78 is 0. The van der Waals surface area contributed by atoms with Gasteiger partial charge in [0.25, 0.3) is 0 Å². The molecule has 0 spiro atoms. The molecule has 0 N–H and O–H groups in total. The highest BCUT2D eigenvalue weighted by molar-refractivity contribution is 5.12. The number of hydrogen-bond acceptors (Lipinski definition) is 3. The van der Waals surface area contributed by atoms with Crippen LogP contribution in [-0.4, -0.2) is 22.0 Å². The van der Waals surface area contributed by atoms with Gasteiger partial charge in [0, 0.05) is 31.0 Å². The predicted octanol–water partition coefficient (Wildman–Crippen LogP) is 2.21.